The molecule has 2 saturated heterocycles. The van der Waals surface area contributed by atoms with Gasteiger partial charge in [-0.3, -0.25) is 0 Å². The van der Waals surface area contributed by atoms with Crippen LogP contribution in [0, 0.1) is 11.6 Å². The molecule has 2 aliphatic rings. The summed E-state index contributed by atoms with van der Waals surface area (Å²) in [6.45, 7) is 9.00. The van der Waals surface area contributed by atoms with Crippen molar-refractivity contribution in [2.45, 2.75) is 25.8 Å². The van der Waals surface area contributed by atoms with Crippen molar-refractivity contribution in [3.05, 3.63) is 65.7 Å². The molecule has 7 nitrogen and oxygen atoms in total. The summed E-state index contributed by atoms with van der Waals surface area (Å²) in [6.07, 6.45) is 5.08. The largest absolute Gasteiger partial charge is 0.350 e. The van der Waals surface area contributed by atoms with Crippen molar-refractivity contribution in [3.63, 3.8) is 0 Å². The Balaban J connectivity index is 1.49. The van der Waals surface area contributed by atoms with E-state index in [0.717, 1.165) is 31.1 Å². The third kappa shape index (κ3) is 4.27. The van der Waals surface area contributed by atoms with E-state index in [-0.39, 0.29) is 6.04 Å². The molecule has 1 aromatic carbocycles. The SMILES string of the molecule is C=C1CCCN1c1cc(-c2ccc(F)c(F)c2)nc(N2CCN(c3nccnc3Cl)C[C@@H]2C)n1. The minimum Gasteiger partial charge on any atom is -0.350 e. The summed E-state index contributed by atoms with van der Waals surface area (Å²) in [5, 5.41) is 0.370. The monoisotopic (exact) mass is 483 g/mol. The fourth-order valence-electron chi connectivity index (χ4n) is 4.48. The topological polar surface area (TPSA) is 61.3 Å². The number of hydrogen-bond donors (Lipinski definition) is 0. The van der Waals surface area contributed by atoms with Gasteiger partial charge >= 0.3 is 0 Å². The second kappa shape index (κ2) is 9.13. The van der Waals surface area contributed by atoms with Gasteiger partial charge < -0.3 is 14.7 Å². The van der Waals surface area contributed by atoms with Crippen molar-refractivity contribution < 1.29 is 8.78 Å². The molecular weight excluding hydrogens is 460 g/mol. The average molecular weight is 484 g/mol. The van der Waals surface area contributed by atoms with Crippen molar-refractivity contribution in [2.75, 3.05) is 40.9 Å². The number of aromatic nitrogens is 4. The maximum atomic E-state index is 14.0. The zero-order valence-corrected chi connectivity index (χ0v) is 19.5. The molecule has 4 heterocycles. The summed E-state index contributed by atoms with van der Waals surface area (Å²) in [4.78, 5) is 24.4. The molecule has 34 heavy (non-hydrogen) atoms. The maximum Gasteiger partial charge on any atom is 0.228 e. The van der Waals surface area contributed by atoms with Crippen LogP contribution in [0.15, 0.2) is 48.9 Å². The summed E-state index contributed by atoms with van der Waals surface area (Å²) in [5.74, 6) is 0.0977. The van der Waals surface area contributed by atoms with Gasteiger partial charge in [-0.1, -0.05) is 18.2 Å². The maximum absolute atomic E-state index is 14.0. The third-order valence-electron chi connectivity index (χ3n) is 6.24. The van der Waals surface area contributed by atoms with Crippen molar-refractivity contribution in [3.8, 4) is 11.3 Å². The highest BCUT2D eigenvalue weighted by atomic mass is 35.5. The summed E-state index contributed by atoms with van der Waals surface area (Å²) < 4.78 is 27.6. The molecule has 10 heteroatoms. The Labute approximate surface area is 201 Å². The van der Waals surface area contributed by atoms with Crippen LogP contribution in [0.3, 0.4) is 0 Å². The van der Waals surface area contributed by atoms with Gasteiger partial charge in [0.1, 0.15) is 5.82 Å². The number of nitrogens with zero attached hydrogens (tertiary/aromatic N) is 7. The number of piperazine rings is 1. The predicted octanol–water partition coefficient (Wildman–Crippen LogP) is 4.69. The van der Waals surface area contributed by atoms with Crippen molar-refractivity contribution >= 4 is 29.2 Å². The first kappa shape index (κ1) is 22.5. The Morgan fingerprint density at radius 3 is 2.56 bits per heavy atom. The summed E-state index contributed by atoms with van der Waals surface area (Å²) >= 11 is 6.25. The van der Waals surface area contributed by atoms with E-state index < -0.39 is 11.6 Å². The van der Waals surface area contributed by atoms with Crippen LogP contribution in [-0.4, -0.2) is 52.2 Å². The van der Waals surface area contributed by atoms with Gasteiger partial charge in [0.2, 0.25) is 5.95 Å². The Morgan fingerprint density at radius 2 is 1.85 bits per heavy atom. The zero-order chi connectivity index (χ0) is 23.8. The highest BCUT2D eigenvalue weighted by molar-refractivity contribution is 6.31. The van der Waals surface area contributed by atoms with Gasteiger partial charge in [0.25, 0.3) is 0 Å². The number of allylic oxidation sites excluding steroid dienone is 1. The molecule has 2 fully saturated rings. The highest BCUT2D eigenvalue weighted by Gasteiger charge is 2.29. The predicted molar refractivity (Wildman–Crippen MR) is 129 cm³/mol. The number of hydrogen-bond acceptors (Lipinski definition) is 7. The normalized spacial score (nSPS) is 18.6. The van der Waals surface area contributed by atoms with Crippen LogP contribution in [0.1, 0.15) is 19.8 Å². The van der Waals surface area contributed by atoms with Crippen LogP contribution in [-0.2, 0) is 0 Å². The molecule has 0 bridgehead atoms. The molecule has 0 spiro atoms. The molecule has 1 atom stereocenters. The van der Waals surface area contributed by atoms with Crippen molar-refractivity contribution in [1.29, 1.82) is 0 Å². The third-order valence-corrected chi connectivity index (χ3v) is 6.51. The van der Waals surface area contributed by atoms with E-state index in [1.54, 1.807) is 12.4 Å². The first-order valence-corrected chi connectivity index (χ1v) is 11.6. The van der Waals surface area contributed by atoms with Crippen LogP contribution in [0.25, 0.3) is 11.3 Å². The van der Waals surface area contributed by atoms with Gasteiger partial charge in [-0.05, 0) is 38.0 Å². The summed E-state index contributed by atoms with van der Waals surface area (Å²) in [6, 6.07) is 5.67. The average Bonchev–Trinajstić information content (AvgIpc) is 3.26. The summed E-state index contributed by atoms with van der Waals surface area (Å²) in [7, 11) is 0. The fraction of sp³-hybridized carbons (Fsp3) is 0.333. The van der Waals surface area contributed by atoms with Gasteiger partial charge in [-0.15, -0.1) is 0 Å². The van der Waals surface area contributed by atoms with Crippen LogP contribution < -0.4 is 14.7 Å². The summed E-state index contributed by atoms with van der Waals surface area (Å²) in [5.41, 5.74) is 2.01. The standard InChI is InChI=1S/C24H24ClF2N7/c1-15-4-3-9-33(15)21-13-20(17-5-6-18(26)19(27)12-17)30-24(31-21)34-11-10-32(14-16(34)2)23-22(25)28-7-8-29-23/h5-8,12-13,16H,1,3-4,9-11,14H2,2H3/t16-/m0/s1. The molecule has 0 unspecified atom stereocenters. The van der Waals surface area contributed by atoms with E-state index in [4.69, 9.17) is 21.6 Å². The number of benzene rings is 1. The number of rotatable bonds is 4. The molecule has 0 amide bonds. The smallest absolute Gasteiger partial charge is 0.228 e. The van der Waals surface area contributed by atoms with Gasteiger partial charge in [0, 0.05) is 61.9 Å². The molecule has 0 aliphatic carbocycles. The minimum atomic E-state index is -0.910. The van der Waals surface area contributed by atoms with Crippen molar-refractivity contribution in [2.24, 2.45) is 0 Å². The Morgan fingerprint density at radius 1 is 1.03 bits per heavy atom. The van der Waals surface area contributed by atoms with E-state index in [2.05, 4.69) is 38.2 Å². The van der Waals surface area contributed by atoms with Crippen LogP contribution in [0.5, 0.6) is 0 Å². The quantitative estimate of drug-likeness (QED) is 0.533. The number of halogens is 3. The zero-order valence-electron chi connectivity index (χ0n) is 18.8. The van der Waals surface area contributed by atoms with Crippen molar-refractivity contribution in [1.82, 2.24) is 19.9 Å². The van der Waals surface area contributed by atoms with Crippen LogP contribution in [0.4, 0.5) is 26.4 Å². The van der Waals surface area contributed by atoms with Crippen LogP contribution >= 0.6 is 11.6 Å². The minimum absolute atomic E-state index is 0.0432. The van der Waals surface area contributed by atoms with E-state index >= 15 is 0 Å². The molecule has 2 aromatic heterocycles. The molecule has 2 aliphatic heterocycles. The lowest BCUT2D eigenvalue weighted by Gasteiger charge is -2.40. The second-order valence-corrected chi connectivity index (χ2v) is 8.88. The van der Waals surface area contributed by atoms with E-state index in [1.807, 2.05) is 6.07 Å². The Bertz CT molecular complexity index is 1240. The van der Waals surface area contributed by atoms with E-state index in [9.17, 15) is 8.78 Å². The lowest BCUT2D eigenvalue weighted by Crippen LogP contribution is -2.53. The fourth-order valence-corrected chi connectivity index (χ4v) is 4.70. The van der Waals surface area contributed by atoms with E-state index in [1.165, 1.54) is 12.1 Å². The molecule has 176 valence electrons. The highest BCUT2D eigenvalue weighted by Crippen LogP contribution is 2.32. The molecule has 0 radical (unpaired) electrons. The Kier molecular flexibility index (Phi) is 6.03. The molecule has 3 aromatic rings. The molecule has 0 saturated carbocycles. The first-order valence-electron chi connectivity index (χ1n) is 11.2. The second-order valence-electron chi connectivity index (χ2n) is 8.52. The van der Waals surface area contributed by atoms with Gasteiger partial charge in [0.05, 0.1) is 5.69 Å². The molecular formula is C24H24ClF2N7. The van der Waals surface area contributed by atoms with Gasteiger partial charge in [0.15, 0.2) is 22.6 Å². The lowest BCUT2D eigenvalue weighted by atomic mass is 10.1. The van der Waals surface area contributed by atoms with Gasteiger partial charge in [-0.2, -0.15) is 4.98 Å². The molecule has 0 N–H and O–H groups in total. The molecule has 5 rings (SSSR count). The van der Waals surface area contributed by atoms with Gasteiger partial charge in [-0.25, -0.2) is 23.7 Å². The number of anilines is 3. The Hall–Kier alpha value is -3.33. The van der Waals surface area contributed by atoms with Crippen LogP contribution in [0.2, 0.25) is 5.15 Å². The van der Waals surface area contributed by atoms with E-state index in [0.29, 0.717) is 53.6 Å². The first-order chi connectivity index (χ1) is 16.4. The lowest BCUT2D eigenvalue weighted by molar-refractivity contribution is 0.509.